The summed E-state index contributed by atoms with van der Waals surface area (Å²) in [6.07, 6.45) is 7.68. The van der Waals surface area contributed by atoms with E-state index in [4.69, 9.17) is 20.4 Å². The zero-order valence-corrected chi connectivity index (χ0v) is 26.6. The number of piperidine rings is 1. The summed E-state index contributed by atoms with van der Waals surface area (Å²) < 4.78 is 10.5. The van der Waals surface area contributed by atoms with Crippen molar-refractivity contribution in [2.24, 2.45) is 17.6 Å². The molecule has 2 N–H and O–H groups in total. The molecule has 2 aliphatic carbocycles. The van der Waals surface area contributed by atoms with E-state index in [-0.39, 0.29) is 35.6 Å². The van der Waals surface area contributed by atoms with Crippen LogP contribution in [-0.4, -0.2) is 84.5 Å². The molecule has 4 fully saturated rings. The molecule has 12 nitrogen and oxygen atoms in total. The number of nitrogens with zero attached hydrogens (tertiary/aromatic N) is 8. The summed E-state index contributed by atoms with van der Waals surface area (Å²) in [4.78, 5) is 45.1. The van der Waals surface area contributed by atoms with Crippen LogP contribution in [0.15, 0.2) is 54.9 Å². The van der Waals surface area contributed by atoms with Gasteiger partial charge in [0.15, 0.2) is 5.82 Å². The number of pyridine rings is 2. The van der Waals surface area contributed by atoms with Crippen LogP contribution in [0.4, 0.5) is 0 Å². The highest BCUT2D eigenvalue weighted by Gasteiger charge is 2.47. The van der Waals surface area contributed by atoms with Crippen molar-refractivity contribution in [3.8, 4) is 23.3 Å². The number of fused-ring (bicyclic) bond motifs is 4. The molecule has 9 rings (SSSR count). The minimum absolute atomic E-state index is 0.0234. The van der Waals surface area contributed by atoms with Crippen molar-refractivity contribution in [3.63, 3.8) is 0 Å². The molecule has 5 aromatic rings. The maximum absolute atomic E-state index is 14.0. The van der Waals surface area contributed by atoms with Crippen molar-refractivity contribution in [2.45, 2.75) is 50.4 Å². The zero-order chi connectivity index (χ0) is 32.7. The Morgan fingerprint density at radius 2 is 1.85 bits per heavy atom. The fourth-order valence-corrected chi connectivity index (χ4v) is 8.06. The number of nitriles is 1. The number of carbonyl (C=O) groups excluding carboxylic acids is 2. The molecule has 3 atom stereocenters. The molecule has 2 amide bonds. The van der Waals surface area contributed by atoms with Crippen molar-refractivity contribution in [2.75, 3.05) is 26.7 Å². The first-order chi connectivity index (χ1) is 23.4. The van der Waals surface area contributed by atoms with Gasteiger partial charge in [0.05, 0.1) is 24.4 Å². The molecule has 0 unspecified atom stereocenters. The van der Waals surface area contributed by atoms with Gasteiger partial charge in [-0.2, -0.15) is 5.26 Å². The van der Waals surface area contributed by atoms with Crippen LogP contribution < -0.4 is 10.5 Å². The first kappa shape index (κ1) is 28.9. The molecule has 2 bridgehead atoms. The number of hydrogen-bond donors (Lipinski definition) is 1. The van der Waals surface area contributed by atoms with Gasteiger partial charge in [0, 0.05) is 67.2 Å². The molecular weight excluding hydrogens is 606 g/mol. The highest BCUT2D eigenvalue weighted by molar-refractivity contribution is 6.01. The Bertz CT molecular complexity index is 2170. The van der Waals surface area contributed by atoms with Gasteiger partial charge in [-0.15, -0.1) is 0 Å². The number of nitrogens with two attached hydrogens (primary N) is 1. The minimum atomic E-state index is -0.152. The van der Waals surface area contributed by atoms with Crippen LogP contribution in [-0.2, 0) is 6.54 Å². The molecule has 0 radical (unpaired) electrons. The van der Waals surface area contributed by atoms with Gasteiger partial charge in [0.25, 0.3) is 11.8 Å². The number of likely N-dealkylation sites (tertiary alicyclic amines) is 2. The molecular formula is C36H35N9O3. The molecule has 2 aliphatic heterocycles. The van der Waals surface area contributed by atoms with Crippen molar-refractivity contribution >= 4 is 33.9 Å². The topological polar surface area (TPSA) is 148 Å². The smallest absolute Gasteiger partial charge is 0.254 e. The second-order valence-corrected chi connectivity index (χ2v) is 13.7. The van der Waals surface area contributed by atoms with E-state index in [2.05, 4.69) is 26.3 Å². The van der Waals surface area contributed by atoms with E-state index < -0.39 is 0 Å². The Labute approximate surface area is 276 Å². The molecule has 6 heterocycles. The van der Waals surface area contributed by atoms with E-state index in [0.717, 1.165) is 47.5 Å². The Hall–Kier alpha value is -5.28. The number of aromatic nitrogens is 5. The van der Waals surface area contributed by atoms with Gasteiger partial charge in [-0.25, -0.2) is 15.0 Å². The molecule has 12 heteroatoms. The van der Waals surface area contributed by atoms with Crippen molar-refractivity contribution in [1.29, 1.82) is 5.26 Å². The average Bonchev–Trinajstić information content (AvgIpc) is 3.44. The number of ether oxygens (including phenoxy) is 1. The molecule has 48 heavy (non-hydrogen) atoms. The largest absolute Gasteiger partial charge is 0.494 e. The lowest BCUT2D eigenvalue weighted by molar-refractivity contribution is 0.0527. The number of carbonyl (C=O) groups is 2. The first-order valence-electron chi connectivity index (χ1n) is 16.7. The highest BCUT2D eigenvalue weighted by Crippen LogP contribution is 2.42. The van der Waals surface area contributed by atoms with E-state index in [1.54, 1.807) is 18.1 Å². The molecule has 1 aromatic carbocycles. The molecule has 242 valence electrons. The van der Waals surface area contributed by atoms with Gasteiger partial charge in [-0.05, 0) is 80.0 Å². The fourth-order valence-electron chi connectivity index (χ4n) is 8.06. The zero-order valence-electron chi connectivity index (χ0n) is 26.6. The normalized spacial score (nSPS) is 22.0. The minimum Gasteiger partial charge on any atom is -0.494 e. The summed E-state index contributed by atoms with van der Waals surface area (Å²) >= 11 is 0. The standard InChI is InChI=1S/C36H35N9O3/c1-48-30-14-24(36(47)44-17-23-6-7-28(44)31(23)38)12-27-32(30)45(26-18-42(19-26)35(46)22-8-10-39-25(11-22)15-37)34(41-27)29-13-21-3-2-9-40-33(21)43(29)16-20-4-5-20/h2-3,8-14,20,23,26,28,31H,4-7,16-19,38H2,1H3/t23-,28-,31-/m1/s1. The van der Waals surface area contributed by atoms with Gasteiger partial charge < -0.3 is 29.4 Å². The number of hydrogen-bond acceptors (Lipinski definition) is 8. The number of methoxy groups -OCH3 is 1. The summed E-state index contributed by atoms with van der Waals surface area (Å²) in [5.41, 5.74) is 10.9. The van der Waals surface area contributed by atoms with E-state index in [1.807, 2.05) is 35.4 Å². The van der Waals surface area contributed by atoms with Crippen LogP contribution in [0.1, 0.15) is 58.1 Å². The Kier molecular flexibility index (Phi) is 6.55. The lowest BCUT2D eigenvalue weighted by Crippen LogP contribution is -2.50. The summed E-state index contributed by atoms with van der Waals surface area (Å²) in [5, 5.41) is 10.3. The lowest BCUT2D eigenvalue weighted by Gasteiger charge is -2.41. The van der Waals surface area contributed by atoms with E-state index in [1.165, 1.54) is 25.1 Å². The Balaban J connectivity index is 1.15. The van der Waals surface area contributed by atoms with Gasteiger partial charge in [0.1, 0.15) is 28.7 Å². The number of rotatable bonds is 7. The van der Waals surface area contributed by atoms with E-state index in [0.29, 0.717) is 53.9 Å². The van der Waals surface area contributed by atoms with Crippen molar-refractivity contribution in [3.05, 3.63) is 71.7 Å². The summed E-state index contributed by atoms with van der Waals surface area (Å²) in [6.45, 7) is 2.41. The van der Waals surface area contributed by atoms with Crippen LogP contribution in [0.2, 0.25) is 0 Å². The molecule has 0 spiro atoms. The summed E-state index contributed by atoms with van der Waals surface area (Å²) in [5.74, 6) is 2.05. The van der Waals surface area contributed by atoms with Gasteiger partial charge >= 0.3 is 0 Å². The van der Waals surface area contributed by atoms with Gasteiger partial charge in [-0.1, -0.05) is 0 Å². The lowest BCUT2D eigenvalue weighted by atomic mass is 10.0. The Morgan fingerprint density at radius 1 is 1.00 bits per heavy atom. The molecule has 4 aliphatic rings. The van der Waals surface area contributed by atoms with Crippen LogP contribution in [0, 0.1) is 23.2 Å². The fraction of sp³-hybridized carbons (Fsp3) is 0.389. The van der Waals surface area contributed by atoms with E-state index >= 15 is 0 Å². The molecule has 2 saturated heterocycles. The van der Waals surface area contributed by atoms with Gasteiger partial charge in [0.2, 0.25) is 0 Å². The second kappa shape index (κ2) is 10.9. The van der Waals surface area contributed by atoms with E-state index in [9.17, 15) is 14.9 Å². The SMILES string of the molecule is COc1cc(C(=O)N2C[C@H]3CC[C@@H]2[C@@H]3N)cc2nc(-c3cc4cccnc4n3CC3CC3)n(C3CN(C(=O)c4ccnc(C#N)c4)C3)c12. The number of benzene rings is 1. The van der Waals surface area contributed by atoms with Crippen molar-refractivity contribution in [1.82, 2.24) is 33.9 Å². The quantitative estimate of drug-likeness (QED) is 0.281. The van der Waals surface area contributed by atoms with Crippen LogP contribution in [0.3, 0.4) is 0 Å². The maximum atomic E-state index is 14.0. The molecule has 2 saturated carbocycles. The highest BCUT2D eigenvalue weighted by atomic mass is 16.5. The van der Waals surface area contributed by atoms with Crippen LogP contribution >= 0.6 is 0 Å². The third-order valence-corrected chi connectivity index (χ3v) is 10.8. The predicted molar refractivity (Wildman–Crippen MR) is 177 cm³/mol. The van der Waals surface area contributed by atoms with Crippen LogP contribution in [0.25, 0.3) is 33.6 Å². The number of imidazole rings is 1. The predicted octanol–water partition coefficient (Wildman–Crippen LogP) is 4.00. The third kappa shape index (κ3) is 4.48. The van der Waals surface area contributed by atoms with Crippen LogP contribution in [0.5, 0.6) is 5.75 Å². The summed E-state index contributed by atoms with van der Waals surface area (Å²) in [7, 11) is 1.62. The van der Waals surface area contributed by atoms with Gasteiger partial charge in [-0.3, -0.25) is 9.59 Å². The maximum Gasteiger partial charge on any atom is 0.254 e. The first-order valence-corrected chi connectivity index (χ1v) is 16.7. The monoisotopic (exact) mass is 641 g/mol. The van der Waals surface area contributed by atoms with Crippen molar-refractivity contribution < 1.29 is 14.3 Å². The summed E-state index contributed by atoms with van der Waals surface area (Å²) in [6, 6.07) is 15.0. The third-order valence-electron chi connectivity index (χ3n) is 10.8. The number of amides is 2. The average molecular weight is 642 g/mol. The molecule has 4 aromatic heterocycles. The Morgan fingerprint density at radius 3 is 2.58 bits per heavy atom. The second-order valence-electron chi connectivity index (χ2n) is 13.7.